The number of carbonyl (C=O) groups is 2. The van der Waals surface area contributed by atoms with E-state index in [1.54, 1.807) is 38.2 Å². The first kappa shape index (κ1) is 24.5. The van der Waals surface area contributed by atoms with Crippen molar-refractivity contribution in [2.75, 3.05) is 26.5 Å². The van der Waals surface area contributed by atoms with Gasteiger partial charge in [0.1, 0.15) is 6.04 Å². The number of rotatable bonds is 15. The summed E-state index contributed by atoms with van der Waals surface area (Å²) < 4.78 is 23.0. The van der Waals surface area contributed by atoms with Gasteiger partial charge in [-0.15, -0.1) is 0 Å². The lowest BCUT2D eigenvalue weighted by atomic mass is 10.1. The Kier molecular flexibility index (Phi) is 10.4. The smallest absolute Gasteiger partial charge is 0.242 e. The molecule has 6 nitrogen and oxygen atoms in total. The highest BCUT2D eigenvalue weighted by molar-refractivity contribution is 7.97. The van der Waals surface area contributed by atoms with Crippen molar-refractivity contribution in [1.29, 1.82) is 0 Å². The number of hydrogen-bond acceptors (Lipinski definition) is 5. The molecule has 30 heavy (non-hydrogen) atoms. The van der Waals surface area contributed by atoms with Gasteiger partial charge in [-0.05, 0) is 56.2 Å². The van der Waals surface area contributed by atoms with Gasteiger partial charge in [0.25, 0.3) is 0 Å². The fraction of sp³-hybridized carbons (Fsp3) is 0.636. The molecule has 168 valence electrons. The Bertz CT molecular complexity index is 688. The third-order valence-electron chi connectivity index (χ3n) is 5.32. The molecule has 0 aliphatic heterocycles. The number of nitrogens with zero attached hydrogens (tertiary/aromatic N) is 1. The maximum Gasteiger partial charge on any atom is 0.242 e. The van der Waals surface area contributed by atoms with Gasteiger partial charge in [-0.2, -0.15) is 0 Å². The summed E-state index contributed by atoms with van der Waals surface area (Å²) in [4.78, 5) is 24.2. The maximum absolute atomic E-state index is 13.9. The summed E-state index contributed by atoms with van der Waals surface area (Å²) in [6, 6.07) is 4.73. The maximum atomic E-state index is 13.9. The van der Waals surface area contributed by atoms with Crippen molar-refractivity contribution in [3.8, 4) is 5.75 Å². The molecule has 0 aromatic heterocycles. The molecular weight excluding hydrogens is 405 g/mol. The Labute approximate surface area is 183 Å². The molecule has 2 N–H and O–H groups in total. The average molecular weight is 440 g/mol. The van der Waals surface area contributed by atoms with Gasteiger partial charge in [0.05, 0.1) is 6.61 Å². The molecule has 1 saturated carbocycles. The van der Waals surface area contributed by atoms with Crippen LogP contribution in [0.2, 0.25) is 0 Å². The van der Waals surface area contributed by atoms with Gasteiger partial charge in [-0.1, -0.05) is 30.9 Å². The third-order valence-corrected chi connectivity index (χ3v) is 6.33. The van der Waals surface area contributed by atoms with Crippen molar-refractivity contribution >= 4 is 24.3 Å². The number of nitrogens with one attached hydrogen (secondary N) is 2. The molecule has 1 aliphatic carbocycles. The summed E-state index contributed by atoms with van der Waals surface area (Å²) in [5, 5.41) is 2.61. The van der Waals surface area contributed by atoms with Crippen LogP contribution in [0.25, 0.3) is 0 Å². The zero-order valence-corrected chi connectivity index (χ0v) is 19.0. The lowest BCUT2D eigenvalue weighted by Gasteiger charge is -2.22. The molecule has 0 saturated heterocycles. The standard InChI is InChI=1S/C22H34FN3O3S/c1-16(18-10-11-19(23)21(13-18)29-14-17-8-9-17)25-30-12-6-4-5-7-20(22(28)24-2)26(3)15-27/h10-11,13,15-17,20,25H,4-9,12,14H2,1-3H3,(H,24,28). The Balaban J connectivity index is 1.64. The molecule has 2 rings (SSSR count). The first-order valence-electron chi connectivity index (χ1n) is 10.6. The summed E-state index contributed by atoms with van der Waals surface area (Å²) in [6.45, 7) is 2.65. The predicted molar refractivity (Wildman–Crippen MR) is 119 cm³/mol. The van der Waals surface area contributed by atoms with Crippen molar-refractivity contribution in [2.24, 2.45) is 5.92 Å². The fourth-order valence-corrected chi connectivity index (χ4v) is 3.94. The number of unbranched alkanes of at least 4 members (excludes halogenated alkanes) is 2. The molecule has 2 unspecified atom stereocenters. The van der Waals surface area contributed by atoms with Crippen LogP contribution in [0.5, 0.6) is 5.75 Å². The Morgan fingerprint density at radius 2 is 2.13 bits per heavy atom. The lowest BCUT2D eigenvalue weighted by molar-refractivity contribution is -0.131. The molecule has 0 spiro atoms. The van der Waals surface area contributed by atoms with Crippen LogP contribution in [-0.2, 0) is 9.59 Å². The van der Waals surface area contributed by atoms with Gasteiger partial charge in [0.15, 0.2) is 11.6 Å². The minimum Gasteiger partial charge on any atom is -0.490 e. The minimum atomic E-state index is -0.409. The van der Waals surface area contributed by atoms with Crippen LogP contribution in [0.3, 0.4) is 0 Å². The van der Waals surface area contributed by atoms with Gasteiger partial charge in [-0.25, -0.2) is 4.39 Å². The minimum absolute atomic E-state index is 0.0812. The van der Waals surface area contributed by atoms with Crippen molar-refractivity contribution in [2.45, 2.75) is 57.5 Å². The second-order valence-electron chi connectivity index (χ2n) is 7.88. The number of halogens is 1. The predicted octanol–water partition coefficient (Wildman–Crippen LogP) is 3.68. The molecule has 1 aromatic carbocycles. The first-order chi connectivity index (χ1) is 14.5. The number of carbonyl (C=O) groups excluding carboxylic acids is 2. The normalized spacial score (nSPS) is 15.3. The molecule has 2 atom stereocenters. The van der Waals surface area contributed by atoms with Crippen LogP contribution >= 0.6 is 11.9 Å². The molecular formula is C22H34FN3O3S. The van der Waals surface area contributed by atoms with Crippen LogP contribution in [0.1, 0.15) is 57.1 Å². The van der Waals surface area contributed by atoms with Gasteiger partial charge in [-0.3, -0.25) is 14.3 Å². The van der Waals surface area contributed by atoms with E-state index in [9.17, 15) is 14.0 Å². The van der Waals surface area contributed by atoms with E-state index in [0.717, 1.165) is 30.6 Å². The van der Waals surface area contributed by atoms with Crippen LogP contribution < -0.4 is 14.8 Å². The largest absolute Gasteiger partial charge is 0.490 e. The van der Waals surface area contributed by atoms with E-state index in [1.807, 2.05) is 6.92 Å². The summed E-state index contributed by atoms with van der Waals surface area (Å²) in [7, 11) is 3.21. The second kappa shape index (κ2) is 12.8. The number of hydrogen-bond donors (Lipinski definition) is 2. The summed E-state index contributed by atoms with van der Waals surface area (Å²) >= 11 is 1.64. The van der Waals surface area contributed by atoms with Crippen molar-refractivity contribution in [1.82, 2.24) is 14.9 Å². The van der Waals surface area contributed by atoms with Gasteiger partial charge < -0.3 is 15.0 Å². The van der Waals surface area contributed by atoms with Crippen molar-refractivity contribution in [3.05, 3.63) is 29.6 Å². The molecule has 1 fully saturated rings. The average Bonchev–Trinajstić information content (AvgIpc) is 3.58. The van der Waals surface area contributed by atoms with E-state index >= 15 is 0 Å². The molecule has 8 heteroatoms. The summed E-state index contributed by atoms with van der Waals surface area (Å²) in [5.41, 5.74) is 1.00. The Morgan fingerprint density at radius 3 is 2.80 bits per heavy atom. The van der Waals surface area contributed by atoms with Crippen molar-refractivity contribution in [3.63, 3.8) is 0 Å². The van der Waals surface area contributed by atoms with E-state index in [0.29, 0.717) is 31.1 Å². The van der Waals surface area contributed by atoms with Gasteiger partial charge in [0, 0.05) is 25.9 Å². The topological polar surface area (TPSA) is 70.7 Å². The monoisotopic (exact) mass is 439 g/mol. The molecule has 0 radical (unpaired) electrons. The molecule has 1 aliphatic rings. The van der Waals surface area contributed by atoms with Gasteiger partial charge in [0.2, 0.25) is 12.3 Å². The molecule has 0 heterocycles. The summed E-state index contributed by atoms with van der Waals surface area (Å²) in [5.74, 6) is 1.42. The molecule has 2 amide bonds. The van der Waals surface area contributed by atoms with E-state index in [4.69, 9.17) is 4.74 Å². The number of likely N-dealkylation sites (N-methyl/N-ethyl adjacent to an activating group) is 2. The highest BCUT2D eigenvalue weighted by Crippen LogP contribution is 2.31. The quantitative estimate of drug-likeness (QED) is 0.248. The van der Waals surface area contributed by atoms with Crippen molar-refractivity contribution < 1.29 is 18.7 Å². The van der Waals surface area contributed by atoms with Crippen LogP contribution in [0, 0.1) is 11.7 Å². The van der Waals surface area contributed by atoms with Crippen LogP contribution in [0.15, 0.2) is 18.2 Å². The van der Waals surface area contributed by atoms with Gasteiger partial charge >= 0.3 is 0 Å². The lowest BCUT2D eigenvalue weighted by Crippen LogP contribution is -2.43. The zero-order valence-electron chi connectivity index (χ0n) is 18.2. The van der Waals surface area contributed by atoms with E-state index in [1.165, 1.54) is 23.8 Å². The van der Waals surface area contributed by atoms with E-state index in [-0.39, 0.29) is 17.8 Å². The highest BCUT2D eigenvalue weighted by atomic mass is 32.2. The third kappa shape index (κ3) is 8.14. The molecule has 1 aromatic rings. The number of ether oxygens (including phenoxy) is 1. The highest BCUT2D eigenvalue weighted by Gasteiger charge is 2.23. The van der Waals surface area contributed by atoms with Crippen LogP contribution in [-0.4, -0.2) is 49.7 Å². The number of amides is 2. The van der Waals surface area contributed by atoms with E-state index < -0.39 is 6.04 Å². The second-order valence-corrected chi connectivity index (χ2v) is 8.82. The molecule has 0 bridgehead atoms. The number of benzene rings is 1. The zero-order chi connectivity index (χ0) is 21.9. The Morgan fingerprint density at radius 1 is 1.37 bits per heavy atom. The van der Waals surface area contributed by atoms with Crippen LogP contribution in [0.4, 0.5) is 4.39 Å². The fourth-order valence-electron chi connectivity index (χ4n) is 3.09. The first-order valence-corrected chi connectivity index (χ1v) is 11.6. The SMILES string of the molecule is CNC(=O)C(CCCCCSNC(C)c1ccc(F)c(OCC2CC2)c1)N(C)C=O. The van der Waals surface area contributed by atoms with E-state index in [2.05, 4.69) is 10.0 Å². The Hall–Kier alpha value is -1.80. The summed E-state index contributed by atoms with van der Waals surface area (Å²) in [6.07, 6.45) is 6.58.